The Morgan fingerprint density at radius 1 is 0.975 bits per heavy atom. The van der Waals surface area contributed by atoms with Crippen molar-refractivity contribution < 1.29 is 29.4 Å². The predicted molar refractivity (Wildman–Crippen MR) is 150 cm³/mol. The van der Waals surface area contributed by atoms with Gasteiger partial charge in [-0.15, -0.1) is 0 Å². The summed E-state index contributed by atoms with van der Waals surface area (Å²) in [5, 5.41) is 28.3. The Bertz CT molecular complexity index is 1210. The lowest BCUT2D eigenvalue weighted by molar-refractivity contribution is -0.143. The quantitative estimate of drug-likeness (QED) is 0.0709. The van der Waals surface area contributed by atoms with Gasteiger partial charge in [0.15, 0.2) is 5.96 Å². The Morgan fingerprint density at radius 3 is 2.23 bits per heavy atom. The van der Waals surface area contributed by atoms with Crippen LogP contribution in [0.3, 0.4) is 0 Å². The van der Waals surface area contributed by atoms with Crippen LogP contribution < -0.4 is 33.2 Å². The minimum absolute atomic E-state index is 0.0396. The van der Waals surface area contributed by atoms with Crippen LogP contribution in [0, 0.1) is 5.92 Å². The van der Waals surface area contributed by atoms with Gasteiger partial charge < -0.3 is 48.3 Å². The van der Waals surface area contributed by atoms with E-state index in [-0.39, 0.29) is 31.3 Å². The van der Waals surface area contributed by atoms with Gasteiger partial charge in [-0.3, -0.25) is 19.4 Å². The van der Waals surface area contributed by atoms with E-state index in [1.807, 2.05) is 24.3 Å². The molecule has 14 nitrogen and oxygen atoms in total. The molecule has 0 radical (unpaired) electrons. The standard InChI is InChI=1S/C26H40N8O6/c1-13(2)20(27)23(37)32-18(9-6-10-30-26(28)29)22(36)34-21(14(3)35)24(38)33-19(25(39)40)11-15-12-31-17-8-5-4-7-16(15)17/h4-5,7-8,12-14,18-21,31,35H,6,9-11,27H2,1-3H3,(H,32,37)(H,33,38)(H,34,36)(H,39,40)(H4,28,29,30). The molecule has 5 unspecified atom stereocenters. The van der Waals surface area contributed by atoms with Crippen LogP contribution in [-0.4, -0.2) is 81.7 Å². The number of hydrogen-bond acceptors (Lipinski definition) is 7. The zero-order valence-electron chi connectivity index (χ0n) is 22.9. The topological polar surface area (TPSA) is 251 Å². The van der Waals surface area contributed by atoms with Gasteiger partial charge in [0.2, 0.25) is 17.7 Å². The molecule has 3 amide bonds. The maximum atomic E-state index is 13.2. The fourth-order valence-electron chi connectivity index (χ4n) is 3.98. The maximum absolute atomic E-state index is 13.2. The Balaban J connectivity index is 2.17. The smallest absolute Gasteiger partial charge is 0.326 e. The monoisotopic (exact) mass is 560 g/mol. The third kappa shape index (κ3) is 9.24. The molecule has 1 aromatic heterocycles. The fourth-order valence-corrected chi connectivity index (χ4v) is 3.98. The van der Waals surface area contributed by atoms with Crippen molar-refractivity contribution in [1.29, 1.82) is 0 Å². The second-order valence-corrected chi connectivity index (χ2v) is 9.97. The first-order valence-corrected chi connectivity index (χ1v) is 13.0. The van der Waals surface area contributed by atoms with Gasteiger partial charge in [-0.1, -0.05) is 32.0 Å². The minimum Gasteiger partial charge on any atom is -0.480 e. The zero-order valence-corrected chi connectivity index (χ0v) is 22.9. The second kappa shape index (κ2) is 14.8. The van der Waals surface area contributed by atoms with Gasteiger partial charge in [0.05, 0.1) is 12.1 Å². The van der Waals surface area contributed by atoms with E-state index in [4.69, 9.17) is 17.2 Å². The fraction of sp³-hybridized carbons (Fsp3) is 0.500. The maximum Gasteiger partial charge on any atom is 0.326 e. The number of carbonyl (C=O) groups excluding carboxylic acids is 3. The van der Waals surface area contributed by atoms with Crippen LogP contribution >= 0.6 is 0 Å². The number of carbonyl (C=O) groups is 4. The van der Waals surface area contributed by atoms with Gasteiger partial charge >= 0.3 is 5.97 Å². The molecule has 0 aliphatic carbocycles. The Kier molecular flexibility index (Phi) is 11.9. The number of aromatic amines is 1. The first-order chi connectivity index (χ1) is 18.8. The summed E-state index contributed by atoms with van der Waals surface area (Å²) in [6.45, 7) is 4.97. The summed E-state index contributed by atoms with van der Waals surface area (Å²) >= 11 is 0. The summed E-state index contributed by atoms with van der Waals surface area (Å²) in [5.74, 6) is -3.86. The van der Waals surface area contributed by atoms with Crippen LogP contribution in [0.2, 0.25) is 0 Å². The number of aromatic nitrogens is 1. The third-order valence-corrected chi connectivity index (χ3v) is 6.38. The number of amides is 3. The van der Waals surface area contributed by atoms with E-state index in [1.165, 1.54) is 6.92 Å². The zero-order chi connectivity index (χ0) is 30.0. The lowest BCUT2D eigenvalue weighted by Gasteiger charge is -2.27. The van der Waals surface area contributed by atoms with E-state index in [1.54, 1.807) is 20.0 Å². The highest BCUT2D eigenvalue weighted by Gasteiger charge is 2.33. The van der Waals surface area contributed by atoms with E-state index in [0.29, 0.717) is 12.0 Å². The number of nitrogens with zero attached hydrogens (tertiary/aromatic N) is 1. The van der Waals surface area contributed by atoms with Crippen molar-refractivity contribution in [3.8, 4) is 0 Å². The summed E-state index contributed by atoms with van der Waals surface area (Å²) in [6, 6.07) is 2.46. The number of H-pyrrole nitrogens is 1. The first kappa shape index (κ1) is 32.0. The average molecular weight is 561 g/mol. The molecule has 0 bridgehead atoms. The predicted octanol–water partition coefficient (Wildman–Crippen LogP) is -1.33. The number of benzene rings is 1. The summed E-state index contributed by atoms with van der Waals surface area (Å²) in [5.41, 5.74) is 18.1. The van der Waals surface area contributed by atoms with Crippen molar-refractivity contribution in [3.05, 3.63) is 36.0 Å². The number of aliphatic hydroxyl groups excluding tert-OH is 1. The number of carboxylic acids is 1. The molecule has 2 rings (SSSR count). The highest BCUT2D eigenvalue weighted by molar-refractivity contribution is 5.94. The number of hydrogen-bond donors (Lipinski definition) is 9. The lowest BCUT2D eigenvalue weighted by Crippen LogP contribution is -2.60. The van der Waals surface area contributed by atoms with Gasteiger partial charge in [0.25, 0.3) is 0 Å². The Hall–Kier alpha value is -4.17. The number of aliphatic imine (C=N–C) groups is 1. The molecule has 2 aromatic rings. The molecule has 5 atom stereocenters. The van der Waals surface area contributed by atoms with Gasteiger partial charge in [0, 0.05) is 30.1 Å². The largest absolute Gasteiger partial charge is 0.480 e. The molecule has 0 saturated carbocycles. The Morgan fingerprint density at radius 2 is 1.62 bits per heavy atom. The lowest BCUT2D eigenvalue weighted by atomic mass is 10.0. The van der Waals surface area contributed by atoms with E-state index in [0.717, 1.165) is 10.9 Å². The van der Waals surface area contributed by atoms with E-state index >= 15 is 0 Å². The van der Waals surface area contributed by atoms with Crippen molar-refractivity contribution in [2.24, 2.45) is 28.1 Å². The summed E-state index contributed by atoms with van der Waals surface area (Å²) < 4.78 is 0. The number of para-hydroxylation sites is 1. The van der Waals surface area contributed by atoms with Crippen LogP contribution in [0.4, 0.5) is 0 Å². The number of aliphatic carboxylic acids is 1. The molecule has 220 valence electrons. The minimum atomic E-state index is -1.51. The molecule has 12 N–H and O–H groups in total. The van der Waals surface area contributed by atoms with Gasteiger partial charge in [-0.05, 0) is 37.3 Å². The highest BCUT2D eigenvalue weighted by Crippen LogP contribution is 2.19. The van der Waals surface area contributed by atoms with Crippen LogP contribution in [0.25, 0.3) is 10.9 Å². The van der Waals surface area contributed by atoms with Gasteiger partial charge in [-0.2, -0.15) is 0 Å². The van der Waals surface area contributed by atoms with E-state index in [9.17, 15) is 29.4 Å². The molecular weight excluding hydrogens is 520 g/mol. The van der Waals surface area contributed by atoms with Crippen LogP contribution in [0.5, 0.6) is 0 Å². The number of carboxylic acid groups (broad SMARTS) is 1. The summed E-state index contributed by atoms with van der Waals surface area (Å²) in [4.78, 5) is 57.8. The molecule has 40 heavy (non-hydrogen) atoms. The van der Waals surface area contributed by atoms with Crippen molar-refractivity contribution in [2.45, 2.75) is 70.3 Å². The molecule has 1 heterocycles. The van der Waals surface area contributed by atoms with Gasteiger partial charge in [0.1, 0.15) is 18.1 Å². The first-order valence-electron chi connectivity index (χ1n) is 13.0. The van der Waals surface area contributed by atoms with Crippen LogP contribution in [0.15, 0.2) is 35.5 Å². The summed E-state index contributed by atoms with van der Waals surface area (Å²) in [6.07, 6.45) is 0.651. The van der Waals surface area contributed by atoms with Crippen LogP contribution in [0.1, 0.15) is 39.2 Å². The molecule has 0 aliphatic rings. The summed E-state index contributed by atoms with van der Waals surface area (Å²) in [7, 11) is 0. The van der Waals surface area contributed by atoms with E-state index in [2.05, 4.69) is 25.9 Å². The number of aliphatic hydroxyl groups is 1. The molecule has 14 heteroatoms. The molecule has 0 saturated heterocycles. The number of nitrogens with two attached hydrogens (primary N) is 3. The van der Waals surface area contributed by atoms with Crippen molar-refractivity contribution >= 4 is 40.6 Å². The van der Waals surface area contributed by atoms with Crippen LogP contribution in [-0.2, 0) is 25.6 Å². The van der Waals surface area contributed by atoms with Gasteiger partial charge in [-0.25, -0.2) is 4.79 Å². The average Bonchev–Trinajstić information content (AvgIpc) is 3.30. The van der Waals surface area contributed by atoms with Crippen molar-refractivity contribution in [2.75, 3.05) is 6.54 Å². The number of fused-ring (bicyclic) bond motifs is 1. The second-order valence-electron chi connectivity index (χ2n) is 9.97. The highest BCUT2D eigenvalue weighted by atomic mass is 16.4. The normalized spacial score (nSPS) is 14.9. The number of rotatable bonds is 15. The Labute approximate surface area is 232 Å². The van der Waals surface area contributed by atoms with Crippen molar-refractivity contribution in [3.63, 3.8) is 0 Å². The van der Waals surface area contributed by atoms with E-state index < -0.39 is 54.0 Å². The molecule has 1 aromatic carbocycles. The molecule has 0 fully saturated rings. The van der Waals surface area contributed by atoms with Crippen molar-refractivity contribution in [1.82, 2.24) is 20.9 Å². The number of nitrogens with one attached hydrogen (secondary N) is 4. The SMILES string of the molecule is CC(C)C(N)C(=O)NC(CCCN=C(N)N)C(=O)NC(C(=O)NC(Cc1c[nH]c2ccccc12)C(=O)O)C(C)O. The molecule has 0 aliphatic heterocycles. The molecule has 0 spiro atoms. The molecular formula is C26H40N8O6. The number of guanidine groups is 1. The third-order valence-electron chi connectivity index (χ3n) is 6.38.